The van der Waals surface area contributed by atoms with E-state index in [2.05, 4.69) is 0 Å². The quantitative estimate of drug-likeness (QED) is 0.104. The molecule has 1 aliphatic carbocycles. The molecular formula is C32H30F6O3. The minimum atomic E-state index is -1.50. The van der Waals surface area contributed by atoms with Crippen LogP contribution in [-0.2, 0) is 0 Å². The number of ether oxygens (including phenoxy) is 2. The smallest absolute Gasteiger partial charge is 0.346 e. The number of carbonyl (C=O) groups excluding carboxylic acids is 1. The molecule has 1 aliphatic rings. The summed E-state index contributed by atoms with van der Waals surface area (Å²) in [6, 6.07) is 7.30. The minimum absolute atomic E-state index is 0.0919. The molecule has 0 radical (unpaired) electrons. The average Bonchev–Trinajstić information content (AvgIpc) is 2.97. The fourth-order valence-electron chi connectivity index (χ4n) is 4.86. The minimum Gasteiger partial charge on any atom is -0.490 e. The fourth-order valence-corrected chi connectivity index (χ4v) is 4.86. The molecule has 0 amide bonds. The van der Waals surface area contributed by atoms with Crippen LogP contribution in [0.3, 0.4) is 0 Å². The van der Waals surface area contributed by atoms with Crippen LogP contribution in [0.1, 0.15) is 84.8 Å². The number of carbonyl (C=O) groups is 1. The molecule has 1 atom stereocenters. The van der Waals surface area contributed by atoms with Crippen LogP contribution >= 0.6 is 0 Å². The summed E-state index contributed by atoms with van der Waals surface area (Å²) in [4.78, 5) is 12.5. The van der Waals surface area contributed by atoms with Gasteiger partial charge in [-0.15, -0.1) is 0 Å². The van der Waals surface area contributed by atoms with Crippen molar-refractivity contribution in [2.75, 3.05) is 6.61 Å². The van der Waals surface area contributed by atoms with Gasteiger partial charge < -0.3 is 9.47 Å². The molecule has 0 spiro atoms. The highest BCUT2D eigenvalue weighted by molar-refractivity contribution is 5.92. The van der Waals surface area contributed by atoms with E-state index >= 15 is 4.39 Å². The van der Waals surface area contributed by atoms with Gasteiger partial charge in [0.15, 0.2) is 34.8 Å². The lowest BCUT2D eigenvalue weighted by atomic mass is 9.82. The second-order valence-corrected chi connectivity index (χ2v) is 10.1. The molecule has 0 saturated heterocycles. The SMILES string of the molecule is CCCCCCOc1ccc(OC(=O)c2ccc(C3=CCC(c4ccc(C)c(F)c4F)CC3)c(F)c2F)c(F)c1F. The predicted molar refractivity (Wildman–Crippen MR) is 143 cm³/mol. The molecule has 3 nitrogen and oxygen atoms in total. The van der Waals surface area contributed by atoms with Crippen molar-refractivity contribution in [1.82, 2.24) is 0 Å². The van der Waals surface area contributed by atoms with E-state index in [1.165, 1.54) is 25.1 Å². The zero-order valence-corrected chi connectivity index (χ0v) is 22.8. The van der Waals surface area contributed by atoms with E-state index in [9.17, 15) is 26.7 Å². The fraction of sp³-hybridized carbons (Fsp3) is 0.344. The summed E-state index contributed by atoms with van der Waals surface area (Å²) < 4.78 is 97.4. The van der Waals surface area contributed by atoms with E-state index in [1.807, 2.05) is 6.92 Å². The zero-order valence-electron chi connectivity index (χ0n) is 22.8. The Bertz CT molecular complexity index is 1470. The van der Waals surface area contributed by atoms with Crippen LogP contribution in [0.5, 0.6) is 11.5 Å². The van der Waals surface area contributed by atoms with Gasteiger partial charge >= 0.3 is 5.97 Å². The Labute approximate surface area is 234 Å². The maximum absolute atomic E-state index is 15.0. The molecule has 218 valence electrons. The second kappa shape index (κ2) is 13.3. The number of rotatable bonds is 10. The Kier molecular flexibility index (Phi) is 9.78. The molecule has 3 aromatic carbocycles. The van der Waals surface area contributed by atoms with Crippen LogP contribution in [0.15, 0.2) is 42.5 Å². The van der Waals surface area contributed by atoms with Crippen molar-refractivity contribution in [1.29, 1.82) is 0 Å². The van der Waals surface area contributed by atoms with E-state index in [0.29, 0.717) is 18.4 Å². The molecular weight excluding hydrogens is 546 g/mol. The number of hydrogen-bond acceptors (Lipinski definition) is 3. The summed E-state index contributed by atoms with van der Waals surface area (Å²) in [5, 5.41) is 0. The number of halogens is 6. The van der Waals surface area contributed by atoms with Gasteiger partial charge in [-0.25, -0.2) is 22.4 Å². The highest BCUT2D eigenvalue weighted by Gasteiger charge is 2.27. The van der Waals surface area contributed by atoms with Crippen molar-refractivity contribution in [2.45, 2.75) is 64.7 Å². The topological polar surface area (TPSA) is 35.5 Å². The highest BCUT2D eigenvalue weighted by atomic mass is 19.2. The molecule has 1 unspecified atom stereocenters. The third-order valence-corrected chi connectivity index (χ3v) is 7.27. The highest BCUT2D eigenvalue weighted by Crippen LogP contribution is 2.39. The molecule has 0 N–H and O–H groups in total. The van der Waals surface area contributed by atoms with Gasteiger partial charge in [-0.3, -0.25) is 0 Å². The van der Waals surface area contributed by atoms with E-state index in [4.69, 9.17) is 9.47 Å². The summed E-state index contributed by atoms with van der Waals surface area (Å²) in [7, 11) is 0. The van der Waals surface area contributed by atoms with E-state index in [1.54, 1.807) is 6.08 Å². The molecule has 0 bridgehead atoms. The summed E-state index contributed by atoms with van der Waals surface area (Å²) in [6.45, 7) is 3.69. The number of allylic oxidation sites excluding steroid dienone is 2. The van der Waals surface area contributed by atoms with Crippen LogP contribution in [0.4, 0.5) is 26.3 Å². The van der Waals surface area contributed by atoms with E-state index in [0.717, 1.165) is 37.5 Å². The Morgan fingerprint density at radius 2 is 1.54 bits per heavy atom. The van der Waals surface area contributed by atoms with Gasteiger partial charge in [-0.1, -0.05) is 50.5 Å². The largest absolute Gasteiger partial charge is 0.490 e. The van der Waals surface area contributed by atoms with Crippen LogP contribution in [0, 0.1) is 41.8 Å². The number of unbranched alkanes of at least 4 members (excludes halogenated alkanes) is 3. The standard InChI is InChI=1S/C32H30F6O3/c1-3-4-5-6-17-40-24-15-16-25(31(38)30(24)37)41-32(39)23-14-13-22(28(35)29(23)36)20-10-8-19(9-11-20)21-12-7-18(2)26(33)27(21)34/h7,10,12-16,19H,3-6,8-9,11,17H2,1-2H3. The van der Waals surface area contributed by atoms with Crippen LogP contribution in [0.2, 0.25) is 0 Å². The van der Waals surface area contributed by atoms with Crippen LogP contribution < -0.4 is 9.47 Å². The Hall–Kier alpha value is -3.75. The number of hydrogen-bond donors (Lipinski definition) is 0. The van der Waals surface area contributed by atoms with Crippen molar-refractivity contribution in [2.24, 2.45) is 0 Å². The Morgan fingerprint density at radius 3 is 2.24 bits per heavy atom. The average molecular weight is 577 g/mol. The number of benzene rings is 3. The maximum Gasteiger partial charge on any atom is 0.346 e. The Morgan fingerprint density at radius 1 is 0.805 bits per heavy atom. The lowest BCUT2D eigenvalue weighted by molar-refractivity contribution is 0.0720. The van der Waals surface area contributed by atoms with Crippen LogP contribution in [0.25, 0.3) is 5.57 Å². The third-order valence-electron chi connectivity index (χ3n) is 7.27. The number of aryl methyl sites for hydroxylation is 1. The predicted octanol–water partition coefficient (Wildman–Crippen LogP) is 9.36. The lowest BCUT2D eigenvalue weighted by Gasteiger charge is -2.23. The van der Waals surface area contributed by atoms with E-state index in [-0.39, 0.29) is 47.8 Å². The van der Waals surface area contributed by atoms with Crippen molar-refractivity contribution in [3.8, 4) is 11.5 Å². The molecule has 0 heterocycles. The molecule has 0 aromatic heterocycles. The summed E-state index contributed by atoms with van der Waals surface area (Å²) in [5.74, 6) is -10.4. The molecule has 9 heteroatoms. The molecule has 0 aliphatic heterocycles. The van der Waals surface area contributed by atoms with Crippen molar-refractivity contribution in [3.63, 3.8) is 0 Å². The van der Waals surface area contributed by atoms with Gasteiger partial charge in [0.25, 0.3) is 0 Å². The first kappa shape index (κ1) is 30.2. The van der Waals surface area contributed by atoms with Gasteiger partial charge in [-0.05, 0) is 73.4 Å². The normalized spacial score (nSPS) is 15.0. The van der Waals surface area contributed by atoms with Gasteiger partial charge in [0, 0.05) is 5.56 Å². The second-order valence-electron chi connectivity index (χ2n) is 10.1. The lowest BCUT2D eigenvalue weighted by Crippen LogP contribution is -2.14. The summed E-state index contributed by atoms with van der Waals surface area (Å²) in [6.07, 6.45) is 6.09. The van der Waals surface area contributed by atoms with Gasteiger partial charge in [0.2, 0.25) is 11.6 Å². The van der Waals surface area contributed by atoms with Crippen molar-refractivity contribution >= 4 is 11.5 Å². The van der Waals surface area contributed by atoms with Crippen molar-refractivity contribution < 1.29 is 40.6 Å². The molecule has 0 saturated carbocycles. The van der Waals surface area contributed by atoms with Crippen LogP contribution in [-0.4, -0.2) is 12.6 Å². The first-order valence-corrected chi connectivity index (χ1v) is 13.6. The molecule has 0 fully saturated rings. The molecule has 4 rings (SSSR count). The third kappa shape index (κ3) is 6.60. The first-order valence-electron chi connectivity index (χ1n) is 13.6. The van der Waals surface area contributed by atoms with Gasteiger partial charge in [0.05, 0.1) is 12.2 Å². The monoisotopic (exact) mass is 576 g/mol. The summed E-state index contributed by atoms with van der Waals surface area (Å²) in [5.41, 5.74) is -0.0200. The maximum atomic E-state index is 15.0. The Balaban J connectivity index is 1.45. The zero-order chi connectivity index (χ0) is 29.7. The van der Waals surface area contributed by atoms with Crippen molar-refractivity contribution in [3.05, 3.63) is 99.6 Å². The van der Waals surface area contributed by atoms with Gasteiger partial charge in [-0.2, -0.15) is 8.78 Å². The molecule has 3 aromatic rings. The van der Waals surface area contributed by atoms with E-state index < -0.39 is 52.2 Å². The summed E-state index contributed by atoms with van der Waals surface area (Å²) >= 11 is 0. The molecule has 41 heavy (non-hydrogen) atoms. The first-order chi connectivity index (χ1) is 19.6. The number of esters is 1. The van der Waals surface area contributed by atoms with Gasteiger partial charge in [0.1, 0.15) is 0 Å².